The van der Waals surface area contributed by atoms with E-state index in [1.165, 1.54) is 49.7 Å². The van der Waals surface area contributed by atoms with Crippen LogP contribution in [0.15, 0.2) is 60.7 Å². The van der Waals surface area contributed by atoms with Gasteiger partial charge in [-0.25, -0.2) is 0 Å². The molecule has 0 saturated carbocycles. The van der Waals surface area contributed by atoms with Crippen molar-refractivity contribution in [1.82, 2.24) is 0 Å². The third-order valence-electron chi connectivity index (χ3n) is 8.18. The van der Waals surface area contributed by atoms with Crippen LogP contribution in [0.3, 0.4) is 0 Å². The molecule has 2 aliphatic rings. The highest BCUT2D eigenvalue weighted by Crippen LogP contribution is 2.45. The number of rotatable bonds is 14. The normalized spacial score (nSPS) is 26.5. The van der Waals surface area contributed by atoms with Gasteiger partial charge in [0, 0.05) is 12.3 Å². The van der Waals surface area contributed by atoms with Crippen LogP contribution >= 0.6 is 0 Å². The van der Waals surface area contributed by atoms with E-state index < -0.39 is 35.3 Å². The van der Waals surface area contributed by atoms with Gasteiger partial charge in [-0.3, -0.25) is 0 Å². The molecule has 0 unspecified atom stereocenters. The minimum absolute atomic E-state index is 0.278. The third kappa shape index (κ3) is 9.11. The van der Waals surface area contributed by atoms with Crippen LogP contribution in [-0.2, 0) is 18.9 Å². The van der Waals surface area contributed by atoms with Crippen LogP contribution in [0, 0.1) is 0 Å². The molecule has 5 heteroatoms. The van der Waals surface area contributed by atoms with Gasteiger partial charge < -0.3 is 24.1 Å². The summed E-state index contributed by atoms with van der Waals surface area (Å²) < 4.78 is 25.4. The maximum Gasteiger partial charge on any atom is 0.198 e. The van der Waals surface area contributed by atoms with Gasteiger partial charge in [-0.05, 0) is 65.5 Å². The molecule has 228 valence electrons. The predicted octanol–water partition coefficient (Wildman–Crippen LogP) is 8.18. The van der Waals surface area contributed by atoms with Crippen molar-refractivity contribution in [2.24, 2.45) is 0 Å². The van der Waals surface area contributed by atoms with Gasteiger partial charge in [-0.15, -0.1) is 0 Å². The van der Waals surface area contributed by atoms with Gasteiger partial charge in [0.25, 0.3) is 0 Å². The lowest BCUT2D eigenvalue weighted by Crippen LogP contribution is -2.64. The molecule has 5 atom stereocenters. The van der Waals surface area contributed by atoms with Crippen molar-refractivity contribution in [2.45, 2.75) is 147 Å². The van der Waals surface area contributed by atoms with Crippen molar-refractivity contribution in [3.05, 3.63) is 71.8 Å². The summed E-state index contributed by atoms with van der Waals surface area (Å²) >= 11 is 0. The summed E-state index contributed by atoms with van der Waals surface area (Å²) in [6.45, 7) is 12.5. The molecule has 0 spiro atoms. The van der Waals surface area contributed by atoms with E-state index in [1.807, 2.05) is 41.5 Å². The zero-order valence-corrected chi connectivity index (χ0v) is 26.3. The van der Waals surface area contributed by atoms with Gasteiger partial charge >= 0.3 is 0 Å². The standard InChI is InChI=1S/C36H54O5/c1-34(2,3)40-32-30-26-38-36(39-30,33(31(32)37)41-35(4,5)6)25-19-11-9-7-8-10-18-24-29(27-20-14-12-15-21-27)28-22-16-13-17-23-28/h12-17,20-23,29-33,37H,7-11,18-19,24-26H2,1-6H3/t30-,31+,32-,33-,36-/m1/s1. The maximum absolute atomic E-state index is 11.4. The van der Waals surface area contributed by atoms with Gasteiger partial charge in [0.1, 0.15) is 24.4 Å². The molecule has 2 heterocycles. The molecule has 2 aromatic rings. The Balaban J connectivity index is 1.21. The van der Waals surface area contributed by atoms with E-state index in [0.717, 1.165) is 19.3 Å². The first kappa shape index (κ1) is 32.2. The van der Waals surface area contributed by atoms with E-state index in [1.54, 1.807) is 0 Å². The van der Waals surface area contributed by atoms with Crippen molar-refractivity contribution in [3.8, 4) is 0 Å². The number of unbranched alkanes of at least 4 members (excludes halogenated alkanes) is 6. The van der Waals surface area contributed by atoms with E-state index in [0.29, 0.717) is 12.5 Å². The average Bonchev–Trinajstić information content (AvgIpc) is 3.32. The van der Waals surface area contributed by atoms with Crippen molar-refractivity contribution in [2.75, 3.05) is 6.61 Å². The number of ether oxygens (including phenoxy) is 4. The molecule has 4 rings (SSSR count). The second kappa shape index (κ2) is 14.1. The fraction of sp³-hybridized carbons (Fsp3) is 0.667. The molecular weight excluding hydrogens is 512 g/mol. The van der Waals surface area contributed by atoms with E-state index in [-0.39, 0.29) is 6.10 Å². The Kier molecular flexibility index (Phi) is 11.1. The molecular formula is C36H54O5. The first-order valence-electron chi connectivity index (χ1n) is 15.9. The molecule has 0 aliphatic carbocycles. The van der Waals surface area contributed by atoms with Crippen LogP contribution in [0.25, 0.3) is 0 Å². The summed E-state index contributed by atoms with van der Waals surface area (Å²) in [6.07, 6.45) is 8.07. The quantitative estimate of drug-likeness (QED) is 0.234. The van der Waals surface area contributed by atoms with Crippen LogP contribution in [-0.4, -0.2) is 53.1 Å². The first-order valence-corrected chi connectivity index (χ1v) is 15.9. The largest absolute Gasteiger partial charge is 0.387 e. The fourth-order valence-corrected chi connectivity index (χ4v) is 6.38. The van der Waals surface area contributed by atoms with E-state index in [4.69, 9.17) is 18.9 Å². The summed E-state index contributed by atoms with van der Waals surface area (Å²) in [5.41, 5.74) is 1.99. The summed E-state index contributed by atoms with van der Waals surface area (Å²) in [5, 5.41) is 11.4. The summed E-state index contributed by atoms with van der Waals surface area (Å²) in [4.78, 5) is 0. The van der Waals surface area contributed by atoms with Gasteiger partial charge in [-0.1, -0.05) is 99.2 Å². The number of hydrogen-bond donors (Lipinski definition) is 1. The zero-order chi connectivity index (χ0) is 29.5. The van der Waals surface area contributed by atoms with E-state index >= 15 is 0 Å². The van der Waals surface area contributed by atoms with Crippen molar-refractivity contribution < 1.29 is 24.1 Å². The minimum Gasteiger partial charge on any atom is -0.387 e. The molecule has 1 N–H and O–H groups in total. The predicted molar refractivity (Wildman–Crippen MR) is 165 cm³/mol. The topological polar surface area (TPSA) is 57.2 Å². The highest BCUT2D eigenvalue weighted by molar-refractivity contribution is 5.32. The molecule has 2 aromatic carbocycles. The van der Waals surface area contributed by atoms with E-state index in [9.17, 15) is 5.11 Å². The SMILES string of the molecule is CC(C)(C)O[C@H]1[C@H](O)[C@@H](OC(C)(C)C)[C@]2(CCCCCCCCCC(c3ccccc3)c3ccccc3)OC[C@H]1O2. The number of aliphatic hydroxyl groups excluding tert-OH is 1. The average molecular weight is 567 g/mol. The smallest absolute Gasteiger partial charge is 0.198 e. The third-order valence-corrected chi connectivity index (χ3v) is 8.18. The molecule has 41 heavy (non-hydrogen) atoms. The molecule has 2 fully saturated rings. The summed E-state index contributed by atoms with van der Waals surface area (Å²) in [6, 6.07) is 21.8. The van der Waals surface area contributed by atoms with Gasteiger partial charge in [-0.2, -0.15) is 0 Å². The van der Waals surface area contributed by atoms with Gasteiger partial charge in [0.2, 0.25) is 0 Å². The fourth-order valence-electron chi connectivity index (χ4n) is 6.38. The minimum atomic E-state index is -0.904. The Bertz CT molecular complexity index is 988. The van der Waals surface area contributed by atoms with Crippen LogP contribution in [0.4, 0.5) is 0 Å². The highest BCUT2D eigenvalue weighted by Gasteiger charge is 2.61. The van der Waals surface area contributed by atoms with Crippen molar-refractivity contribution in [3.63, 3.8) is 0 Å². The summed E-state index contributed by atoms with van der Waals surface area (Å²) in [7, 11) is 0. The molecule has 2 aliphatic heterocycles. The molecule has 2 bridgehead atoms. The Morgan fingerprint density at radius 2 is 1.27 bits per heavy atom. The Morgan fingerprint density at radius 1 is 0.756 bits per heavy atom. The molecule has 5 nitrogen and oxygen atoms in total. The lowest BCUT2D eigenvalue weighted by Gasteiger charge is -2.48. The molecule has 0 amide bonds. The lowest BCUT2D eigenvalue weighted by molar-refractivity contribution is -0.333. The number of benzene rings is 2. The number of fused-ring (bicyclic) bond motifs is 2. The Morgan fingerprint density at radius 3 is 1.80 bits per heavy atom. The second-order valence-electron chi connectivity index (χ2n) is 14.0. The first-order chi connectivity index (χ1) is 19.5. The van der Waals surface area contributed by atoms with Crippen LogP contribution < -0.4 is 0 Å². The van der Waals surface area contributed by atoms with Crippen LogP contribution in [0.5, 0.6) is 0 Å². The molecule has 0 aromatic heterocycles. The highest BCUT2D eigenvalue weighted by atomic mass is 16.8. The zero-order valence-electron chi connectivity index (χ0n) is 26.3. The van der Waals surface area contributed by atoms with Crippen molar-refractivity contribution >= 4 is 0 Å². The molecule has 2 saturated heterocycles. The van der Waals surface area contributed by atoms with Gasteiger partial charge in [0.05, 0.1) is 17.8 Å². The van der Waals surface area contributed by atoms with Crippen LogP contribution in [0.2, 0.25) is 0 Å². The molecule has 0 radical (unpaired) electrons. The Hall–Kier alpha value is -1.76. The number of aliphatic hydroxyl groups is 1. The summed E-state index contributed by atoms with van der Waals surface area (Å²) in [5.74, 6) is -0.437. The monoisotopic (exact) mass is 566 g/mol. The van der Waals surface area contributed by atoms with Gasteiger partial charge in [0.15, 0.2) is 5.79 Å². The van der Waals surface area contributed by atoms with Crippen LogP contribution in [0.1, 0.15) is 116 Å². The number of hydrogen-bond acceptors (Lipinski definition) is 5. The lowest BCUT2D eigenvalue weighted by atomic mass is 9.87. The van der Waals surface area contributed by atoms with Crippen molar-refractivity contribution in [1.29, 1.82) is 0 Å². The second-order valence-corrected chi connectivity index (χ2v) is 14.0. The maximum atomic E-state index is 11.4. The Labute approximate surface area is 248 Å². The van der Waals surface area contributed by atoms with E-state index in [2.05, 4.69) is 60.7 Å².